The monoisotopic (exact) mass is 499 g/mol. The highest BCUT2D eigenvalue weighted by Gasteiger charge is 2.30. The predicted octanol–water partition coefficient (Wildman–Crippen LogP) is 6.65. The molecule has 0 saturated carbocycles. The molecule has 0 unspecified atom stereocenters. The highest BCUT2D eigenvalue weighted by molar-refractivity contribution is 6.37. The summed E-state index contributed by atoms with van der Waals surface area (Å²) in [5.74, 6) is 1.08. The van der Waals surface area contributed by atoms with Crippen molar-refractivity contribution in [3.8, 4) is 11.5 Å². The van der Waals surface area contributed by atoms with Crippen molar-refractivity contribution in [2.45, 2.75) is 47.2 Å². The first-order valence-electron chi connectivity index (χ1n) is 13.1. The molecule has 1 aliphatic rings. The van der Waals surface area contributed by atoms with E-state index in [0.29, 0.717) is 42.0 Å². The van der Waals surface area contributed by atoms with Crippen molar-refractivity contribution in [3.05, 3.63) is 83.4 Å². The van der Waals surface area contributed by atoms with Gasteiger partial charge >= 0.3 is 0 Å². The number of rotatable bonds is 11. The molecule has 6 heteroatoms. The van der Waals surface area contributed by atoms with E-state index in [-0.39, 0.29) is 5.91 Å². The summed E-state index contributed by atoms with van der Waals surface area (Å²) < 4.78 is 11.6. The fourth-order valence-corrected chi connectivity index (χ4v) is 4.58. The van der Waals surface area contributed by atoms with Crippen molar-refractivity contribution in [2.24, 2.45) is 0 Å². The van der Waals surface area contributed by atoms with Gasteiger partial charge in [-0.3, -0.25) is 9.69 Å². The second-order valence-corrected chi connectivity index (χ2v) is 9.26. The van der Waals surface area contributed by atoms with Crippen molar-refractivity contribution in [1.29, 1.82) is 0 Å². The van der Waals surface area contributed by atoms with E-state index >= 15 is 0 Å². The van der Waals surface area contributed by atoms with Gasteiger partial charge in [0.1, 0.15) is 0 Å². The Bertz CT molecular complexity index is 1250. The predicted molar refractivity (Wildman–Crippen MR) is 152 cm³/mol. The van der Waals surface area contributed by atoms with Crippen LogP contribution in [0.15, 0.2) is 66.7 Å². The molecule has 0 spiro atoms. The fourth-order valence-electron chi connectivity index (χ4n) is 4.58. The van der Waals surface area contributed by atoms with Crippen LogP contribution in [0.5, 0.6) is 11.5 Å². The Balaban J connectivity index is 1.75. The Morgan fingerprint density at radius 3 is 2.16 bits per heavy atom. The van der Waals surface area contributed by atoms with Crippen LogP contribution in [0.2, 0.25) is 0 Å². The van der Waals surface area contributed by atoms with Gasteiger partial charge in [-0.1, -0.05) is 49.4 Å². The quantitative estimate of drug-likeness (QED) is 0.289. The van der Waals surface area contributed by atoms with Gasteiger partial charge in [-0.25, -0.2) is 0 Å². The molecule has 0 bridgehead atoms. The van der Waals surface area contributed by atoms with Crippen LogP contribution in [0, 0.1) is 0 Å². The molecule has 0 fully saturated rings. The van der Waals surface area contributed by atoms with Crippen molar-refractivity contribution in [3.63, 3.8) is 0 Å². The third-order valence-electron chi connectivity index (χ3n) is 6.49. The van der Waals surface area contributed by atoms with Crippen LogP contribution < -0.4 is 20.1 Å². The van der Waals surface area contributed by atoms with Crippen molar-refractivity contribution in [2.75, 3.05) is 30.4 Å². The number of carbonyl (C=O) groups excluding carboxylic acids is 1. The van der Waals surface area contributed by atoms with Gasteiger partial charge in [0.25, 0.3) is 5.91 Å². The van der Waals surface area contributed by atoms with E-state index in [4.69, 9.17) is 9.47 Å². The lowest BCUT2D eigenvalue weighted by molar-refractivity contribution is -0.110. The summed E-state index contributed by atoms with van der Waals surface area (Å²) in [5.41, 5.74) is 5.91. The minimum absolute atomic E-state index is 0.162. The number of anilines is 2. The van der Waals surface area contributed by atoms with E-state index in [9.17, 15) is 4.79 Å². The average Bonchev–Trinajstić information content (AvgIpc) is 3.21. The molecule has 0 radical (unpaired) electrons. The summed E-state index contributed by atoms with van der Waals surface area (Å²) in [5, 5.41) is 6.57. The molecule has 4 rings (SSSR count). The lowest BCUT2D eigenvalue weighted by Gasteiger charge is -2.24. The van der Waals surface area contributed by atoms with Crippen LogP contribution in [0.3, 0.4) is 0 Å². The molecule has 2 N–H and O–H groups in total. The smallest absolute Gasteiger partial charge is 0.258 e. The number of fused-ring (bicyclic) bond motifs is 1. The third kappa shape index (κ3) is 5.97. The first-order chi connectivity index (χ1) is 17.9. The Kier molecular flexibility index (Phi) is 8.51. The fraction of sp³-hybridized carbons (Fsp3) is 0.323. The minimum atomic E-state index is -0.162. The maximum absolute atomic E-state index is 13.4. The van der Waals surface area contributed by atoms with Crippen LogP contribution in [0.4, 0.5) is 11.4 Å². The normalized spacial score (nSPS) is 14.0. The number of ether oxygens (including phenoxy) is 2. The maximum atomic E-state index is 13.4. The molecular weight excluding hydrogens is 462 g/mol. The molecule has 1 aliphatic heterocycles. The van der Waals surface area contributed by atoms with Gasteiger partial charge in [-0.2, -0.15) is 0 Å². The van der Waals surface area contributed by atoms with Crippen LogP contribution in [0.1, 0.15) is 51.3 Å². The zero-order valence-electron chi connectivity index (χ0n) is 22.4. The highest BCUT2D eigenvalue weighted by Crippen LogP contribution is 2.43. The SMILES string of the molecule is CCOc1cc2c(cc1OCC)C(=C(Nc1ccc(CN(CC)C(C)C)cc1)c1ccccc1)C(=O)N2. The van der Waals surface area contributed by atoms with Crippen molar-refractivity contribution < 1.29 is 14.3 Å². The second kappa shape index (κ2) is 12.0. The van der Waals surface area contributed by atoms with E-state index in [1.807, 2.05) is 56.3 Å². The zero-order valence-corrected chi connectivity index (χ0v) is 22.4. The number of nitrogens with one attached hydrogen (secondary N) is 2. The lowest BCUT2D eigenvalue weighted by Crippen LogP contribution is -2.29. The standard InChI is InChI=1S/C31H37N3O3/c1-6-34(21(4)5)20-22-14-16-24(17-15-22)32-30(23-12-10-9-11-13-23)29-25-18-27(36-7-2)28(37-8-3)19-26(25)33-31(29)35/h9-19,21,32H,6-8,20H2,1-5H3,(H,33,35). The molecule has 0 atom stereocenters. The molecule has 37 heavy (non-hydrogen) atoms. The third-order valence-corrected chi connectivity index (χ3v) is 6.49. The van der Waals surface area contributed by atoms with Gasteiger partial charge in [0.15, 0.2) is 11.5 Å². The molecule has 194 valence electrons. The number of amides is 1. The Morgan fingerprint density at radius 2 is 1.57 bits per heavy atom. The molecule has 1 amide bonds. The first kappa shape index (κ1) is 26.3. The molecule has 0 aliphatic carbocycles. The summed E-state index contributed by atoms with van der Waals surface area (Å²) in [4.78, 5) is 15.8. The van der Waals surface area contributed by atoms with Crippen LogP contribution in [-0.4, -0.2) is 36.6 Å². The first-order valence-corrected chi connectivity index (χ1v) is 13.1. The number of nitrogens with zero attached hydrogens (tertiary/aromatic N) is 1. The molecule has 0 aromatic heterocycles. The van der Waals surface area contributed by atoms with E-state index in [1.165, 1.54) is 5.56 Å². The Hall–Kier alpha value is -3.77. The number of hydrogen-bond acceptors (Lipinski definition) is 5. The van der Waals surface area contributed by atoms with E-state index in [0.717, 1.165) is 35.6 Å². The zero-order chi connectivity index (χ0) is 26.4. The number of hydrogen-bond donors (Lipinski definition) is 2. The molecule has 1 heterocycles. The minimum Gasteiger partial charge on any atom is -0.490 e. The van der Waals surface area contributed by atoms with Crippen molar-refractivity contribution in [1.82, 2.24) is 4.90 Å². The molecule has 3 aromatic rings. The molecular formula is C31H37N3O3. The Morgan fingerprint density at radius 1 is 0.919 bits per heavy atom. The van der Waals surface area contributed by atoms with E-state index in [1.54, 1.807) is 0 Å². The summed E-state index contributed by atoms with van der Waals surface area (Å²) in [6.45, 7) is 13.4. The number of benzene rings is 3. The molecule has 3 aromatic carbocycles. The second-order valence-electron chi connectivity index (χ2n) is 9.26. The summed E-state index contributed by atoms with van der Waals surface area (Å²) >= 11 is 0. The summed E-state index contributed by atoms with van der Waals surface area (Å²) in [6.07, 6.45) is 0. The van der Waals surface area contributed by atoms with Gasteiger partial charge in [0.2, 0.25) is 0 Å². The van der Waals surface area contributed by atoms with E-state index < -0.39 is 0 Å². The topological polar surface area (TPSA) is 62.8 Å². The largest absolute Gasteiger partial charge is 0.490 e. The van der Waals surface area contributed by atoms with Gasteiger partial charge in [-0.15, -0.1) is 0 Å². The van der Waals surface area contributed by atoms with Crippen molar-refractivity contribution >= 4 is 28.6 Å². The highest BCUT2D eigenvalue weighted by atomic mass is 16.5. The number of carbonyl (C=O) groups is 1. The molecule has 0 saturated heterocycles. The average molecular weight is 500 g/mol. The van der Waals surface area contributed by atoms with Gasteiger partial charge in [-0.05, 0) is 63.6 Å². The molecule has 6 nitrogen and oxygen atoms in total. The van der Waals surface area contributed by atoms with Crippen LogP contribution in [-0.2, 0) is 11.3 Å². The maximum Gasteiger partial charge on any atom is 0.258 e. The van der Waals surface area contributed by atoms with Gasteiger partial charge < -0.3 is 20.1 Å². The lowest BCUT2D eigenvalue weighted by atomic mass is 9.99. The summed E-state index contributed by atoms with van der Waals surface area (Å²) in [7, 11) is 0. The van der Waals surface area contributed by atoms with Crippen LogP contribution in [0.25, 0.3) is 11.3 Å². The Labute approximate surface area is 220 Å². The van der Waals surface area contributed by atoms with Crippen LogP contribution >= 0.6 is 0 Å². The van der Waals surface area contributed by atoms with Gasteiger partial charge in [0, 0.05) is 29.9 Å². The van der Waals surface area contributed by atoms with Gasteiger partial charge in [0.05, 0.1) is 30.2 Å². The van der Waals surface area contributed by atoms with E-state index in [2.05, 4.69) is 60.6 Å². The summed E-state index contributed by atoms with van der Waals surface area (Å²) in [6, 6.07) is 22.6.